The number of benzene rings is 2. The quantitative estimate of drug-likeness (QED) is 0.181. The number of aromatic nitrogens is 2. The summed E-state index contributed by atoms with van der Waals surface area (Å²) in [4.78, 5) is 33.5. The maximum Gasteiger partial charge on any atom is 0.310 e. The summed E-state index contributed by atoms with van der Waals surface area (Å²) in [6, 6.07) is 13.7. The molecular weight excluding hydrogens is 671 g/mol. The Balaban J connectivity index is 1.10. The maximum atomic E-state index is 13.0. The minimum Gasteiger partial charge on any atom is -0.490 e. The molecule has 1 fully saturated rings. The molecule has 0 aliphatic carbocycles. The lowest BCUT2D eigenvalue weighted by Gasteiger charge is -2.40. The van der Waals surface area contributed by atoms with Crippen molar-refractivity contribution in [3.8, 4) is 17.4 Å². The molecule has 47 heavy (non-hydrogen) atoms. The number of halogens is 5. The van der Waals surface area contributed by atoms with Crippen LogP contribution >= 0.6 is 10.2 Å². The molecule has 0 radical (unpaired) electrons. The number of pyridine rings is 2. The highest BCUT2D eigenvalue weighted by molar-refractivity contribution is 8.45. The summed E-state index contributed by atoms with van der Waals surface area (Å²) in [5.41, 5.74) is 0.533. The van der Waals surface area contributed by atoms with Crippen LogP contribution in [0.2, 0.25) is 0 Å². The molecule has 0 atom stereocenters. The predicted molar refractivity (Wildman–Crippen MR) is 163 cm³/mol. The standard InChI is InChI=1S/C30H27F5N4O6S2/c1-46(42,43)25-8-4-22(5-9-25)44-24-14-16-39(17-15-24)30(41)20-2-12-27(36-18-20)29(40)38-21-3-13-28(37-19-21)45-23-6-10-26(11-7-23)47(31,32,33,34)35/h2-13,18-19,24H,14-17H2,1H3,(H,38,40). The van der Waals surface area contributed by atoms with Crippen molar-refractivity contribution in [2.75, 3.05) is 24.7 Å². The summed E-state index contributed by atoms with van der Waals surface area (Å²) in [5, 5.41) is 2.57. The summed E-state index contributed by atoms with van der Waals surface area (Å²) in [5.74, 6) is -0.550. The summed E-state index contributed by atoms with van der Waals surface area (Å²) in [6.07, 6.45) is 4.61. The van der Waals surface area contributed by atoms with Gasteiger partial charge in [-0.15, -0.1) is 0 Å². The molecule has 2 aromatic carbocycles. The number of rotatable bonds is 9. The predicted octanol–water partition coefficient (Wildman–Crippen LogP) is 7.27. The average molecular weight is 699 g/mol. The molecule has 4 aromatic rings. The molecule has 10 nitrogen and oxygen atoms in total. The van der Waals surface area contributed by atoms with Crippen LogP contribution in [0.4, 0.5) is 25.1 Å². The number of amides is 2. The number of sulfone groups is 1. The van der Waals surface area contributed by atoms with Crippen molar-refractivity contribution < 1.29 is 46.9 Å². The number of carbonyl (C=O) groups excluding carboxylic acids is 2. The van der Waals surface area contributed by atoms with E-state index in [2.05, 4.69) is 15.3 Å². The normalized spacial score (nSPS) is 15.7. The van der Waals surface area contributed by atoms with E-state index in [1.54, 1.807) is 17.0 Å². The highest BCUT2D eigenvalue weighted by atomic mass is 32.5. The molecule has 0 saturated carbocycles. The molecule has 0 bridgehead atoms. The van der Waals surface area contributed by atoms with E-state index in [4.69, 9.17) is 9.47 Å². The first-order valence-electron chi connectivity index (χ1n) is 13.9. The van der Waals surface area contributed by atoms with Crippen molar-refractivity contribution in [1.82, 2.24) is 14.9 Å². The van der Waals surface area contributed by atoms with Crippen LogP contribution in [-0.2, 0) is 9.84 Å². The molecule has 3 heterocycles. The molecule has 17 heteroatoms. The zero-order valence-corrected chi connectivity index (χ0v) is 26.1. The lowest BCUT2D eigenvalue weighted by molar-refractivity contribution is 0.0594. The largest absolute Gasteiger partial charge is 0.490 e. The molecule has 2 amide bonds. The van der Waals surface area contributed by atoms with Gasteiger partial charge in [0.05, 0.1) is 22.3 Å². The fraction of sp³-hybridized carbons (Fsp3) is 0.200. The highest BCUT2D eigenvalue weighted by Crippen LogP contribution is 3.02. The van der Waals surface area contributed by atoms with Crippen molar-refractivity contribution >= 4 is 37.6 Å². The number of hydrogen-bond donors (Lipinski definition) is 1. The van der Waals surface area contributed by atoms with Gasteiger partial charge in [-0.1, -0.05) is 19.4 Å². The van der Waals surface area contributed by atoms with Crippen LogP contribution in [0.1, 0.15) is 33.7 Å². The van der Waals surface area contributed by atoms with E-state index in [0.29, 0.717) is 31.7 Å². The monoisotopic (exact) mass is 698 g/mol. The van der Waals surface area contributed by atoms with E-state index in [1.807, 2.05) is 0 Å². The second-order valence-electron chi connectivity index (χ2n) is 10.7. The second-order valence-corrected chi connectivity index (χ2v) is 15.1. The average Bonchev–Trinajstić information content (AvgIpc) is 3.01. The molecule has 250 valence electrons. The van der Waals surface area contributed by atoms with E-state index in [0.717, 1.165) is 18.4 Å². The van der Waals surface area contributed by atoms with E-state index in [-0.39, 0.29) is 57.6 Å². The Kier molecular flexibility index (Phi) is 8.43. The number of anilines is 1. The molecule has 1 aliphatic heterocycles. The molecule has 5 rings (SSSR count). The Morgan fingerprint density at radius 2 is 1.47 bits per heavy atom. The fourth-order valence-electron chi connectivity index (χ4n) is 4.57. The lowest BCUT2D eigenvalue weighted by atomic mass is 10.1. The van der Waals surface area contributed by atoms with E-state index in [1.165, 1.54) is 48.8 Å². The number of ether oxygens (including phenoxy) is 2. The van der Waals surface area contributed by atoms with Crippen LogP contribution in [0.15, 0.2) is 95.0 Å². The van der Waals surface area contributed by atoms with Gasteiger partial charge in [0.15, 0.2) is 9.84 Å². The van der Waals surface area contributed by atoms with Crippen molar-refractivity contribution in [2.24, 2.45) is 0 Å². The van der Waals surface area contributed by atoms with Crippen molar-refractivity contribution in [1.29, 1.82) is 0 Å². The van der Waals surface area contributed by atoms with Crippen LogP contribution in [-0.4, -0.2) is 60.5 Å². The summed E-state index contributed by atoms with van der Waals surface area (Å²) in [6.45, 7) is 0.853. The molecule has 1 saturated heterocycles. The number of nitrogens with zero attached hydrogens (tertiary/aromatic N) is 3. The van der Waals surface area contributed by atoms with Crippen LogP contribution in [0.3, 0.4) is 0 Å². The second kappa shape index (κ2) is 11.8. The first-order valence-corrected chi connectivity index (χ1v) is 17.7. The van der Waals surface area contributed by atoms with Crippen molar-refractivity contribution in [3.63, 3.8) is 0 Å². The Morgan fingerprint density at radius 1 is 0.830 bits per heavy atom. The molecule has 1 aliphatic rings. The fourth-order valence-corrected chi connectivity index (χ4v) is 5.85. The summed E-state index contributed by atoms with van der Waals surface area (Å²) in [7, 11) is -13.1. The van der Waals surface area contributed by atoms with Crippen LogP contribution in [0, 0.1) is 0 Å². The van der Waals surface area contributed by atoms with Crippen molar-refractivity contribution in [2.45, 2.75) is 28.7 Å². The number of nitrogens with one attached hydrogen (secondary N) is 1. The smallest absolute Gasteiger partial charge is 0.310 e. The number of likely N-dealkylation sites (tertiary alicyclic amines) is 1. The minimum atomic E-state index is -9.80. The third-order valence-electron chi connectivity index (χ3n) is 7.01. The van der Waals surface area contributed by atoms with Gasteiger partial charge in [0.2, 0.25) is 5.88 Å². The molecule has 0 spiro atoms. The number of piperidine rings is 1. The van der Waals surface area contributed by atoms with Gasteiger partial charge in [0, 0.05) is 44.5 Å². The Labute approximate surface area is 266 Å². The van der Waals surface area contributed by atoms with E-state index >= 15 is 0 Å². The van der Waals surface area contributed by atoms with Crippen LogP contribution in [0.5, 0.6) is 17.4 Å². The number of hydrogen-bond acceptors (Lipinski definition) is 8. The lowest BCUT2D eigenvalue weighted by Crippen LogP contribution is -2.41. The first-order chi connectivity index (χ1) is 21.8. The maximum absolute atomic E-state index is 13.0. The highest BCUT2D eigenvalue weighted by Gasteiger charge is 2.65. The molecule has 1 N–H and O–H groups in total. The van der Waals surface area contributed by atoms with Crippen LogP contribution in [0.25, 0.3) is 0 Å². The first kappa shape index (κ1) is 33.6. The zero-order chi connectivity index (χ0) is 34.1. The topological polar surface area (TPSA) is 128 Å². The summed E-state index contributed by atoms with van der Waals surface area (Å²) >= 11 is 0. The zero-order valence-electron chi connectivity index (χ0n) is 24.5. The van der Waals surface area contributed by atoms with Gasteiger partial charge < -0.3 is 19.7 Å². The van der Waals surface area contributed by atoms with Gasteiger partial charge in [-0.05, 0) is 66.7 Å². The van der Waals surface area contributed by atoms with E-state index in [9.17, 15) is 37.4 Å². The minimum absolute atomic E-state index is 0.0138. The Hall–Kier alpha value is -4.77. The van der Waals surface area contributed by atoms with Gasteiger partial charge in [-0.2, -0.15) is 0 Å². The van der Waals surface area contributed by atoms with Gasteiger partial charge in [-0.25, -0.2) is 13.4 Å². The van der Waals surface area contributed by atoms with Gasteiger partial charge in [-0.3, -0.25) is 14.6 Å². The molecule has 0 unspecified atom stereocenters. The van der Waals surface area contributed by atoms with Crippen LogP contribution < -0.4 is 14.8 Å². The van der Waals surface area contributed by atoms with Gasteiger partial charge in [0.1, 0.15) is 28.2 Å². The van der Waals surface area contributed by atoms with Crippen molar-refractivity contribution in [3.05, 3.63) is 96.4 Å². The van der Waals surface area contributed by atoms with Gasteiger partial charge >= 0.3 is 10.2 Å². The Morgan fingerprint density at radius 3 is 2.00 bits per heavy atom. The summed E-state index contributed by atoms with van der Waals surface area (Å²) < 4.78 is 98.9. The van der Waals surface area contributed by atoms with Gasteiger partial charge in [0.25, 0.3) is 11.8 Å². The third kappa shape index (κ3) is 8.74. The molecular formula is C30H27F5N4O6S2. The third-order valence-corrected chi connectivity index (χ3v) is 9.30. The SMILES string of the molecule is CS(=O)(=O)c1ccc(OC2CCN(C(=O)c3ccc(C(=O)Nc4ccc(Oc5ccc(S(F)(F)(F)(F)F)cc5)nc4)nc3)CC2)cc1. The molecule has 2 aromatic heterocycles. The Bertz CT molecular complexity index is 1890. The van der Waals surface area contributed by atoms with E-state index < -0.39 is 30.9 Å². The number of carbonyl (C=O) groups is 2.